The van der Waals surface area contributed by atoms with Crippen LogP contribution in [0.1, 0.15) is 23.1 Å². The number of aromatic amines is 1. The molecule has 2 aromatic rings. The maximum Gasteiger partial charge on any atom is 0.290 e. The van der Waals surface area contributed by atoms with Crippen LogP contribution in [0.5, 0.6) is 5.75 Å². The number of hydrogen-bond donors (Lipinski definition) is 3. The molecule has 0 bridgehead atoms. The molecule has 122 valence electrons. The summed E-state index contributed by atoms with van der Waals surface area (Å²) in [6.07, 6.45) is -0.880. The fourth-order valence-corrected chi connectivity index (χ4v) is 2.09. The van der Waals surface area contributed by atoms with E-state index in [4.69, 9.17) is 27.9 Å². The molecule has 0 fully saturated rings. The van der Waals surface area contributed by atoms with Gasteiger partial charge < -0.3 is 4.74 Å². The molecule has 1 aromatic heterocycles. The molecule has 0 aliphatic carbocycles. The van der Waals surface area contributed by atoms with Gasteiger partial charge in [-0.15, -0.1) is 0 Å². The molecule has 3 N–H and O–H groups in total. The number of rotatable bonds is 4. The van der Waals surface area contributed by atoms with Crippen molar-refractivity contribution in [3.8, 4) is 5.75 Å². The van der Waals surface area contributed by atoms with Crippen LogP contribution in [0, 0.1) is 6.92 Å². The molecule has 1 atom stereocenters. The van der Waals surface area contributed by atoms with Gasteiger partial charge in [0.25, 0.3) is 11.8 Å². The third-order valence-corrected chi connectivity index (χ3v) is 3.34. The first-order valence-electron chi connectivity index (χ1n) is 6.60. The number of aryl methyl sites for hydroxylation is 1. The quantitative estimate of drug-likeness (QED) is 0.732. The number of nitrogens with zero attached hydrogens (tertiary/aromatic N) is 1. The molecule has 0 saturated heterocycles. The smallest absolute Gasteiger partial charge is 0.290 e. The van der Waals surface area contributed by atoms with E-state index >= 15 is 0 Å². The molecule has 0 radical (unpaired) electrons. The minimum absolute atomic E-state index is 0.164. The van der Waals surface area contributed by atoms with Crippen LogP contribution < -0.4 is 15.6 Å². The predicted molar refractivity (Wildman–Crippen MR) is 85.5 cm³/mol. The number of hydrogen-bond acceptors (Lipinski definition) is 4. The molecule has 23 heavy (non-hydrogen) atoms. The lowest BCUT2D eigenvalue weighted by Gasteiger charge is -2.15. The highest BCUT2D eigenvalue weighted by Gasteiger charge is 2.18. The van der Waals surface area contributed by atoms with Gasteiger partial charge in [-0.3, -0.25) is 25.5 Å². The number of carbonyl (C=O) groups is 2. The third kappa shape index (κ3) is 4.61. The number of ether oxygens (including phenoxy) is 1. The Hall–Kier alpha value is -2.25. The fourth-order valence-electron chi connectivity index (χ4n) is 1.63. The maximum atomic E-state index is 11.9. The highest BCUT2D eigenvalue weighted by atomic mass is 35.5. The van der Waals surface area contributed by atoms with Gasteiger partial charge in [-0.1, -0.05) is 23.2 Å². The summed E-state index contributed by atoms with van der Waals surface area (Å²) in [5, 5.41) is 7.15. The van der Waals surface area contributed by atoms with E-state index in [1.165, 1.54) is 13.0 Å². The van der Waals surface area contributed by atoms with Crippen molar-refractivity contribution in [3.63, 3.8) is 0 Å². The van der Waals surface area contributed by atoms with Gasteiger partial charge in [0.15, 0.2) is 11.8 Å². The van der Waals surface area contributed by atoms with Crippen LogP contribution in [0.2, 0.25) is 10.0 Å². The Kier molecular flexibility index (Phi) is 5.46. The van der Waals surface area contributed by atoms with Gasteiger partial charge in [-0.2, -0.15) is 5.10 Å². The molecular weight excluding hydrogens is 343 g/mol. The van der Waals surface area contributed by atoms with Crippen molar-refractivity contribution in [2.75, 3.05) is 0 Å². The first-order valence-corrected chi connectivity index (χ1v) is 7.36. The van der Waals surface area contributed by atoms with Crippen LogP contribution in [0.3, 0.4) is 0 Å². The number of nitrogens with one attached hydrogen (secondary N) is 3. The van der Waals surface area contributed by atoms with Gasteiger partial charge >= 0.3 is 0 Å². The van der Waals surface area contributed by atoms with Crippen molar-refractivity contribution in [2.24, 2.45) is 0 Å². The zero-order valence-corrected chi connectivity index (χ0v) is 13.8. The second-order valence-corrected chi connectivity index (χ2v) is 5.56. The molecule has 7 nitrogen and oxygen atoms in total. The number of hydrazine groups is 1. The monoisotopic (exact) mass is 356 g/mol. The molecule has 2 amide bonds. The second kappa shape index (κ2) is 7.34. The van der Waals surface area contributed by atoms with E-state index in [9.17, 15) is 9.59 Å². The molecule has 1 unspecified atom stereocenters. The van der Waals surface area contributed by atoms with Crippen molar-refractivity contribution in [1.82, 2.24) is 21.0 Å². The summed E-state index contributed by atoms with van der Waals surface area (Å²) in [4.78, 5) is 23.7. The number of aromatic nitrogens is 2. The van der Waals surface area contributed by atoms with Gasteiger partial charge in [-0.05, 0) is 38.1 Å². The molecule has 1 aromatic carbocycles. The fraction of sp³-hybridized carbons (Fsp3) is 0.214. The average Bonchev–Trinajstić information content (AvgIpc) is 2.93. The molecule has 9 heteroatoms. The van der Waals surface area contributed by atoms with Crippen molar-refractivity contribution < 1.29 is 14.3 Å². The third-order valence-electron chi connectivity index (χ3n) is 2.80. The highest BCUT2D eigenvalue weighted by Crippen LogP contribution is 2.28. The SMILES string of the molecule is Cc1cc(C(=O)NNC(=O)C(C)Oc2ccc(Cl)cc2Cl)n[nH]1. The summed E-state index contributed by atoms with van der Waals surface area (Å²) < 4.78 is 5.43. The van der Waals surface area contributed by atoms with Crippen LogP contribution in [-0.4, -0.2) is 28.1 Å². The topological polar surface area (TPSA) is 96.1 Å². The van der Waals surface area contributed by atoms with E-state index in [0.29, 0.717) is 10.8 Å². The molecule has 1 heterocycles. The lowest BCUT2D eigenvalue weighted by atomic mass is 10.3. The van der Waals surface area contributed by atoms with Gasteiger partial charge in [0.2, 0.25) is 0 Å². The van der Waals surface area contributed by atoms with E-state index < -0.39 is 17.9 Å². The molecule has 0 aliphatic heterocycles. The first kappa shape index (κ1) is 17.1. The number of H-pyrrole nitrogens is 1. The summed E-state index contributed by atoms with van der Waals surface area (Å²) in [7, 11) is 0. The Balaban J connectivity index is 1.88. The second-order valence-electron chi connectivity index (χ2n) is 4.71. The number of halogens is 2. The molecular formula is C14H14Cl2N4O3. The summed E-state index contributed by atoms with van der Waals surface area (Å²) in [6.45, 7) is 3.28. The number of benzene rings is 1. The van der Waals surface area contributed by atoms with E-state index in [2.05, 4.69) is 21.0 Å². The zero-order chi connectivity index (χ0) is 17.0. The summed E-state index contributed by atoms with van der Waals surface area (Å²) in [6, 6.07) is 6.20. The highest BCUT2D eigenvalue weighted by molar-refractivity contribution is 6.35. The Morgan fingerprint density at radius 2 is 2.00 bits per heavy atom. The van der Waals surface area contributed by atoms with Crippen LogP contribution in [-0.2, 0) is 4.79 Å². The van der Waals surface area contributed by atoms with Crippen molar-refractivity contribution in [2.45, 2.75) is 20.0 Å². The number of amides is 2. The van der Waals surface area contributed by atoms with Gasteiger partial charge in [0.1, 0.15) is 5.75 Å². The predicted octanol–water partition coefficient (Wildman–Crippen LogP) is 2.25. The molecule has 2 rings (SSSR count). The minimum Gasteiger partial charge on any atom is -0.479 e. The zero-order valence-electron chi connectivity index (χ0n) is 12.3. The van der Waals surface area contributed by atoms with Crippen molar-refractivity contribution in [1.29, 1.82) is 0 Å². The lowest BCUT2D eigenvalue weighted by Crippen LogP contribution is -2.47. The van der Waals surface area contributed by atoms with E-state index in [0.717, 1.165) is 5.69 Å². The van der Waals surface area contributed by atoms with Crippen LogP contribution >= 0.6 is 23.2 Å². The van der Waals surface area contributed by atoms with Crippen LogP contribution in [0.25, 0.3) is 0 Å². The van der Waals surface area contributed by atoms with Crippen molar-refractivity contribution in [3.05, 3.63) is 45.7 Å². The lowest BCUT2D eigenvalue weighted by molar-refractivity contribution is -0.128. The van der Waals surface area contributed by atoms with Crippen LogP contribution in [0.4, 0.5) is 0 Å². The van der Waals surface area contributed by atoms with Gasteiger partial charge in [-0.25, -0.2) is 0 Å². The summed E-state index contributed by atoms with van der Waals surface area (Å²) in [5.41, 5.74) is 5.40. The minimum atomic E-state index is -0.880. The van der Waals surface area contributed by atoms with E-state index in [1.807, 2.05) is 0 Å². The van der Waals surface area contributed by atoms with Gasteiger partial charge in [0.05, 0.1) is 5.02 Å². The Morgan fingerprint density at radius 3 is 2.61 bits per heavy atom. The largest absolute Gasteiger partial charge is 0.479 e. The van der Waals surface area contributed by atoms with Gasteiger partial charge in [0, 0.05) is 10.7 Å². The number of carbonyl (C=O) groups excluding carboxylic acids is 2. The summed E-state index contributed by atoms with van der Waals surface area (Å²) >= 11 is 11.8. The molecule has 0 saturated carbocycles. The van der Waals surface area contributed by atoms with E-state index in [-0.39, 0.29) is 10.7 Å². The van der Waals surface area contributed by atoms with Crippen LogP contribution in [0.15, 0.2) is 24.3 Å². The first-order chi connectivity index (χ1) is 10.9. The average molecular weight is 357 g/mol. The Bertz CT molecular complexity index is 733. The maximum absolute atomic E-state index is 11.9. The van der Waals surface area contributed by atoms with E-state index in [1.54, 1.807) is 25.1 Å². The standard InChI is InChI=1S/C14H14Cl2N4O3/c1-7-5-11(18-17-7)14(22)20-19-13(21)8(2)23-12-4-3-9(15)6-10(12)16/h3-6,8H,1-2H3,(H,17,18)(H,19,21)(H,20,22). The molecule has 0 aliphatic rings. The normalized spacial score (nSPS) is 11.7. The Labute approximate surface area is 142 Å². The summed E-state index contributed by atoms with van der Waals surface area (Å²) in [5.74, 6) is -0.774. The Morgan fingerprint density at radius 1 is 1.26 bits per heavy atom. The van der Waals surface area contributed by atoms with Crippen molar-refractivity contribution >= 4 is 35.0 Å². The molecule has 0 spiro atoms.